The Labute approximate surface area is 241 Å². The van der Waals surface area contributed by atoms with Crippen molar-refractivity contribution >= 4 is 40.6 Å². The van der Waals surface area contributed by atoms with Crippen LogP contribution in [-0.2, 0) is 16.8 Å². The number of fused-ring (bicyclic) bond motifs is 1. The number of halogens is 1. The van der Waals surface area contributed by atoms with Crippen LogP contribution in [0, 0.1) is 17.1 Å². The minimum atomic E-state index is -0.378. The quantitative estimate of drug-likeness (QED) is 0.318. The number of nitriles is 1. The SMILES string of the molecule is CSc1cc(C2(CC#N)CN(c3cccn4nc(Nc5cnn(CC(=O)N6CCN(C)CC6)c5)nc34)C2)ccc1F. The number of aromatic nitrogens is 5. The van der Waals surface area contributed by atoms with Gasteiger partial charge in [0.25, 0.3) is 0 Å². The van der Waals surface area contributed by atoms with E-state index in [-0.39, 0.29) is 23.7 Å². The predicted octanol–water partition coefficient (Wildman–Crippen LogP) is 2.98. The van der Waals surface area contributed by atoms with Crippen LogP contribution in [0.5, 0.6) is 0 Å². The number of hydrogen-bond donors (Lipinski definition) is 1. The minimum absolute atomic E-state index is 0.0515. The summed E-state index contributed by atoms with van der Waals surface area (Å²) in [5.74, 6) is 0.217. The highest BCUT2D eigenvalue weighted by Crippen LogP contribution is 2.42. The molecule has 0 saturated carbocycles. The third kappa shape index (κ3) is 5.32. The fourth-order valence-corrected chi connectivity index (χ4v) is 6.03. The fourth-order valence-electron chi connectivity index (χ4n) is 5.52. The zero-order valence-corrected chi connectivity index (χ0v) is 23.8. The number of nitrogens with zero attached hydrogens (tertiary/aromatic N) is 9. The van der Waals surface area contributed by atoms with Gasteiger partial charge in [0, 0.05) is 68.4 Å². The van der Waals surface area contributed by atoms with Crippen molar-refractivity contribution in [2.45, 2.75) is 23.3 Å². The van der Waals surface area contributed by atoms with Gasteiger partial charge in [0.15, 0.2) is 5.65 Å². The maximum absolute atomic E-state index is 14.1. The van der Waals surface area contributed by atoms with Gasteiger partial charge in [0.1, 0.15) is 12.4 Å². The molecule has 41 heavy (non-hydrogen) atoms. The van der Waals surface area contributed by atoms with Gasteiger partial charge in [0.2, 0.25) is 11.9 Å². The lowest BCUT2D eigenvalue weighted by Crippen LogP contribution is -2.59. The Balaban J connectivity index is 1.15. The van der Waals surface area contributed by atoms with Crippen molar-refractivity contribution in [1.29, 1.82) is 5.26 Å². The van der Waals surface area contributed by atoms with E-state index in [0.29, 0.717) is 41.7 Å². The van der Waals surface area contributed by atoms with Crippen molar-refractivity contribution in [3.05, 3.63) is 60.3 Å². The Kier molecular flexibility index (Phi) is 7.27. The van der Waals surface area contributed by atoms with Crippen LogP contribution >= 0.6 is 11.8 Å². The van der Waals surface area contributed by atoms with Gasteiger partial charge in [-0.15, -0.1) is 16.9 Å². The number of piperazine rings is 1. The second kappa shape index (κ2) is 11.0. The molecule has 2 fully saturated rings. The first-order valence-electron chi connectivity index (χ1n) is 13.4. The lowest BCUT2D eigenvalue weighted by Gasteiger charge is -2.50. The van der Waals surface area contributed by atoms with E-state index < -0.39 is 0 Å². The van der Waals surface area contributed by atoms with Crippen LogP contribution in [0.1, 0.15) is 12.0 Å². The van der Waals surface area contributed by atoms with E-state index in [2.05, 4.69) is 38.4 Å². The number of carbonyl (C=O) groups excluding carboxylic acids is 1. The molecule has 4 aromatic rings. The summed E-state index contributed by atoms with van der Waals surface area (Å²) in [5.41, 5.74) is 2.87. The maximum Gasteiger partial charge on any atom is 0.247 e. The molecule has 13 heteroatoms. The summed E-state index contributed by atoms with van der Waals surface area (Å²) >= 11 is 1.37. The molecule has 0 bridgehead atoms. The van der Waals surface area contributed by atoms with Crippen molar-refractivity contribution in [2.24, 2.45) is 0 Å². The van der Waals surface area contributed by atoms with Crippen molar-refractivity contribution in [3.63, 3.8) is 0 Å². The van der Waals surface area contributed by atoms with Crippen molar-refractivity contribution in [3.8, 4) is 6.07 Å². The molecule has 3 aromatic heterocycles. The molecule has 2 aliphatic rings. The topological polar surface area (TPSA) is 111 Å². The number of nitrogens with one attached hydrogen (secondary N) is 1. The molecule has 1 N–H and O–H groups in total. The number of pyridine rings is 1. The smallest absolute Gasteiger partial charge is 0.247 e. The number of hydrogen-bond acceptors (Lipinski definition) is 9. The van der Waals surface area contributed by atoms with E-state index in [9.17, 15) is 14.4 Å². The summed E-state index contributed by atoms with van der Waals surface area (Å²) in [5, 5.41) is 21.7. The molecule has 11 nitrogen and oxygen atoms in total. The average Bonchev–Trinajstić information content (AvgIpc) is 3.57. The standard InChI is InChI=1S/C28H31FN10OS/c1-35-10-12-36(13-11-35)25(40)17-38-16-21(15-31-38)32-27-33-26-23(4-3-9-39(26)34-27)37-18-28(19-37,7-8-30)20-5-6-22(29)24(14-20)41-2/h3-6,9,14-16H,7,10-13,17-19H2,1-2H3,(H,32,34). The van der Waals surface area contributed by atoms with Gasteiger partial charge >= 0.3 is 0 Å². The third-order valence-corrected chi connectivity index (χ3v) is 8.65. The molecule has 0 atom stereocenters. The van der Waals surface area contributed by atoms with Crippen LogP contribution in [0.25, 0.3) is 5.65 Å². The first kappa shape index (κ1) is 27.0. The molecule has 0 spiro atoms. The average molecular weight is 575 g/mol. The molecule has 2 aliphatic heterocycles. The van der Waals surface area contributed by atoms with Crippen molar-refractivity contribution in [2.75, 3.05) is 62.8 Å². The summed E-state index contributed by atoms with van der Waals surface area (Å²) in [6, 6.07) is 11.4. The van der Waals surface area contributed by atoms with Crippen LogP contribution in [-0.4, -0.2) is 92.7 Å². The molecule has 0 unspecified atom stereocenters. The van der Waals surface area contributed by atoms with E-state index in [1.54, 1.807) is 27.7 Å². The van der Waals surface area contributed by atoms with Gasteiger partial charge in [-0.2, -0.15) is 15.3 Å². The highest BCUT2D eigenvalue weighted by Gasteiger charge is 2.45. The van der Waals surface area contributed by atoms with Crippen LogP contribution < -0.4 is 10.2 Å². The van der Waals surface area contributed by atoms with Gasteiger partial charge in [-0.25, -0.2) is 8.91 Å². The molecule has 0 aliphatic carbocycles. The van der Waals surface area contributed by atoms with Crippen LogP contribution in [0.15, 0.2) is 53.8 Å². The summed E-state index contributed by atoms with van der Waals surface area (Å²) in [7, 11) is 2.06. The summed E-state index contributed by atoms with van der Waals surface area (Å²) in [4.78, 5) is 24.3. The van der Waals surface area contributed by atoms with Gasteiger partial charge in [0.05, 0.1) is 23.6 Å². The minimum Gasteiger partial charge on any atom is -0.366 e. The fraction of sp³-hybridized carbons (Fsp3) is 0.393. The van der Waals surface area contributed by atoms with Crippen LogP contribution in [0.3, 0.4) is 0 Å². The van der Waals surface area contributed by atoms with Gasteiger partial charge < -0.3 is 20.0 Å². The largest absolute Gasteiger partial charge is 0.366 e. The van der Waals surface area contributed by atoms with Crippen molar-refractivity contribution < 1.29 is 9.18 Å². The van der Waals surface area contributed by atoms with E-state index in [1.807, 2.05) is 35.6 Å². The van der Waals surface area contributed by atoms with Gasteiger partial charge in [-0.3, -0.25) is 9.48 Å². The van der Waals surface area contributed by atoms with Crippen LogP contribution in [0.2, 0.25) is 0 Å². The first-order valence-corrected chi connectivity index (χ1v) is 14.7. The number of benzene rings is 1. The molecular formula is C28H31FN10OS. The zero-order chi connectivity index (χ0) is 28.6. The Bertz CT molecular complexity index is 1610. The van der Waals surface area contributed by atoms with Crippen LogP contribution in [0.4, 0.5) is 21.7 Å². The number of carbonyl (C=O) groups is 1. The van der Waals surface area contributed by atoms with E-state index in [1.165, 1.54) is 17.8 Å². The Morgan fingerprint density at radius 1 is 1.22 bits per heavy atom. The Morgan fingerprint density at radius 2 is 2.02 bits per heavy atom. The zero-order valence-electron chi connectivity index (χ0n) is 23.0. The second-order valence-corrected chi connectivity index (χ2v) is 11.5. The molecule has 2 saturated heterocycles. The molecular weight excluding hydrogens is 543 g/mol. The Hall–Kier alpha value is -4.15. The second-order valence-electron chi connectivity index (χ2n) is 10.7. The highest BCUT2D eigenvalue weighted by molar-refractivity contribution is 7.98. The van der Waals surface area contributed by atoms with E-state index in [0.717, 1.165) is 37.4 Å². The molecule has 6 rings (SSSR count). The first-order chi connectivity index (χ1) is 19.9. The number of thioether (sulfide) groups is 1. The van der Waals surface area contributed by atoms with Crippen molar-refractivity contribution in [1.82, 2.24) is 34.2 Å². The normalized spacial score (nSPS) is 16.9. The maximum atomic E-state index is 14.1. The lowest BCUT2D eigenvalue weighted by atomic mass is 9.71. The molecule has 5 heterocycles. The molecule has 1 aromatic carbocycles. The molecule has 212 valence electrons. The highest BCUT2D eigenvalue weighted by atomic mass is 32.2. The summed E-state index contributed by atoms with van der Waals surface area (Å²) < 4.78 is 17.5. The van der Waals surface area contributed by atoms with Gasteiger partial charge in [-0.05, 0) is 43.1 Å². The number of anilines is 3. The number of rotatable bonds is 8. The monoisotopic (exact) mass is 574 g/mol. The number of amides is 1. The molecule has 1 amide bonds. The number of likely N-dealkylation sites (N-methyl/N-ethyl adjacent to an activating group) is 1. The summed E-state index contributed by atoms with van der Waals surface area (Å²) in [6.07, 6.45) is 7.46. The van der Waals surface area contributed by atoms with E-state index >= 15 is 0 Å². The predicted molar refractivity (Wildman–Crippen MR) is 155 cm³/mol. The molecule has 0 radical (unpaired) electrons. The summed E-state index contributed by atoms with van der Waals surface area (Å²) in [6.45, 7) is 4.62. The van der Waals surface area contributed by atoms with E-state index in [4.69, 9.17) is 4.98 Å². The third-order valence-electron chi connectivity index (χ3n) is 7.89. The Morgan fingerprint density at radius 3 is 2.78 bits per heavy atom. The van der Waals surface area contributed by atoms with Gasteiger partial charge in [-0.1, -0.05) is 6.07 Å². The lowest BCUT2D eigenvalue weighted by molar-refractivity contribution is -0.133.